The van der Waals surface area contributed by atoms with Gasteiger partial charge in [-0.1, -0.05) is 22.0 Å². The molecule has 0 bridgehead atoms. The summed E-state index contributed by atoms with van der Waals surface area (Å²) < 4.78 is 25.3. The van der Waals surface area contributed by atoms with Crippen molar-refractivity contribution in [3.05, 3.63) is 34.1 Å². The Hall–Kier alpha value is -1.28. The minimum Gasteiger partial charge on any atom is -0.480 e. The summed E-state index contributed by atoms with van der Waals surface area (Å²) in [7, 11) is -1.50. The van der Waals surface area contributed by atoms with Gasteiger partial charge in [0.15, 0.2) is 0 Å². The molecule has 0 saturated carbocycles. The highest BCUT2D eigenvalue weighted by molar-refractivity contribution is 9.10. The predicted octanol–water partition coefficient (Wildman–Crippen LogP) is 1.43. The Labute approximate surface area is 126 Å². The molecular formula is C12H13BrFNO4S. The van der Waals surface area contributed by atoms with Gasteiger partial charge in [0.2, 0.25) is 5.91 Å². The molecule has 8 heteroatoms. The number of nitrogens with one attached hydrogen (secondary N) is 1. The van der Waals surface area contributed by atoms with E-state index in [0.717, 1.165) is 0 Å². The lowest BCUT2D eigenvalue weighted by Gasteiger charge is -2.13. The van der Waals surface area contributed by atoms with E-state index in [-0.39, 0.29) is 11.5 Å². The fourth-order valence-electron chi connectivity index (χ4n) is 1.48. The summed E-state index contributed by atoms with van der Waals surface area (Å²) >= 11 is 3.15. The number of amides is 1. The summed E-state index contributed by atoms with van der Waals surface area (Å²) in [5.41, 5.74) is 0.608. The molecule has 110 valence electrons. The molecule has 0 heterocycles. The van der Waals surface area contributed by atoms with Gasteiger partial charge in [-0.3, -0.25) is 9.00 Å². The van der Waals surface area contributed by atoms with Gasteiger partial charge in [-0.25, -0.2) is 9.18 Å². The molecule has 1 rings (SSSR count). The minimum absolute atomic E-state index is 0.0736. The van der Waals surface area contributed by atoms with E-state index >= 15 is 0 Å². The molecule has 0 radical (unpaired) electrons. The highest BCUT2D eigenvalue weighted by Crippen LogP contribution is 2.19. The maximum atomic E-state index is 12.9. The number of hydrogen-bond acceptors (Lipinski definition) is 3. The third kappa shape index (κ3) is 5.38. The number of hydrogen-bond donors (Lipinski definition) is 2. The molecule has 0 aliphatic heterocycles. The van der Waals surface area contributed by atoms with Crippen LogP contribution in [0.15, 0.2) is 22.7 Å². The molecule has 1 amide bonds. The first-order chi connectivity index (χ1) is 9.29. The van der Waals surface area contributed by atoms with E-state index in [1.807, 2.05) is 0 Å². The standard InChI is InChI=1S/C12H13BrFNO4S/c1-7(16)15-11(12(17)18)6-20(19)5-8-2-3-9(14)4-10(8)13/h2-4,11H,5-6H2,1H3,(H,15,16)(H,17,18)/t11-,20?/m0/s1. The largest absolute Gasteiger partial charge is 0.480 e. The molecule has 20 heavy (non-hydrogen) atoms. The summed E-state index contributed by atoms with van der Waals surface area (Å²) in [4.78, 5) is 21.8. The normalized spacial score (nSPS) is 13.6. The molecule has 1 unspecified atom stereocenters. The smallest absolute Gasteiger partial charge is 0.327 e. The molecule has 5 nitrogen and oxygen atoms in total. The Kier molecular flexibility index (Phi) is 6.28. The van der Waals surface area contributed by atoms with Gasteiger partial charge in [0.25, 0.3) is 0 Å². The van der Waals surface area contributed by atoms with E-state index in [1.165, 1.54) is 25.1 Å². The van der Waals surface area contributed by atoms with E-state index in [2.05, 4.69) is 21.2 Å². The van der Waals surface area contributed by atoms with Gasteiger partial charge in [0.05, 0.1) is 5.75 Å². The zero-order valence-electron chi connectivity index (χ0n) is 10.6. The summed E-state index contributed by atoms with van der Waals surface area (Å²) in [5, 5.41) is 11.1. The fraction of sp³-hybridized carbons (Fsp3) is 0.333. The molecule has 0 aromatic heterocycles. The van der Waals surface area contributed by atoms with Crippen LogP contribution in [0.5, 0.6) is 0 Å². The number of carbonyl (C=O) groups excluding carboxylic acids is 1. The Morgan fingerprint density at radius 3 is 2.65 bits per heavy atom. The number of benzene rings is 1. The van der Waals surface area contributed by atoms with Crippen LogP contribution in [0.4, 0.5) is 4.39 Å². The maximum absolute atomic E-state index is 12.9. The van der Waals surface area contributed by atoms with Crippen LogP contribution in [-0.2, 0) is 26.1 Å². The van der Waals surface area contributed by atoms with Crippen molar-refractivity contribution in [2.75, 3.05) is 5.75 Å². The van der Waals surface area contributed by atoms with Crippen LogP contribution in [0.2, 0.25) is 0 Å². The summed E-state index contributed by atoms with van der Waals surface area (Å²) in [6.07, 6.45) is 0. The van der Waals surface area contributed by atoms with Crippen LogP contribution in [0.3, 0.4) is 0 Å². The maximum Gasteiger partial charge on any atom is 0.327 e. The molecule has 0 fully saturated rings. The number of rotatable bonds is 6. The topological polar surface area (TPSA) is 83.5 Å². The highest BCUT2D eigenvalue weighted by Gasteiger charge is 2.21. The van der Waals surface area contributed by atoms with Crippen molar-refractivity contribution in [1.82, 2.24) is 5.32 Å². The first kappa shape index (κ1) is 16.8. The van der Waals surface area contributed by atoms with Crippen LogP contribution < -0.4 is 5.32 Å². The van der Waals surface area contributed by atoms with Crippen molar-refractivity contribution in [3.63, 3.8) is 0 Å². The van der Waals surface area contributed by atoms with Crippen molar-refractivity contribution in [3.8, 4) is 0 Å². The van der Waals surface area contributed by atoms with Gasteiger partial charge in [0, 0.05) is 27.9 Å². The lowest BCUT2D eigenvalue weighted by Crippen LogP contribution is -2.43. The first-order valence-corrected chi connectivity index (χ1v) is 7.86. The lowest BCUT2D eigenvalue weighted by molar-refractivity contribution is -0.140. The van der Waals surface area contributed by atoms with Crippen molar-refractivity contribution in [1.29, 1.82) is 0 Å². The zero-order chi connectivity index (χ0) is 15.3. The van der Waals surface area contributed by atoms with Crippen LogP contribution >= 0.6 is 15.9 Å². The molecule has 1 aromatic rings. The van der Waals surface area contributed by atoms with Gasteiger partial charge < -0.3 is 10.4 Å². The lowest BCUT2D eigenvalue weighted by atomic mass is 10.2. The van der Waals surface area contributed by atoms with Crippen molar-refractivity contribution in [2.24, 2.45) is 0 Å². The molecular weight excluding hydrogens is 353 g/mol. The van der Waals surface area contributed by atoms with Crippen LogP contribution in [-0.4, -0.2) is 33.0 Å². The van der Waals surface area contributed by atoms with Crippen LogP contribution in [0.25, 0.3) is 0 Å². The van der Waals surface area contributed by atoms with Crippen molar-refractivity contribution >= 4 is 38.6 Å². The Balaban J connectivity index is 2.70. The number of carboxylic acids is 1. The third-order valence-electron chi connectivity index (χ3n) is 2.36. The molecule has 0 aliphatic rings. The predicted molar refractivity (Wildman–Crippen MR) is 76.1 cm³/mol. The van der Waals surface area contributed by atoms with Gasteiger partial charge in [-0.2, -0.15) is 0 Å². The minimum atomic E-state index is -1.50. The quantitative estimate of drug-likeness (QED) is 0.798. The zero-order valence-corrected chi connectivity index (χ0v) is 13.0. The van der Waals surface area contributed by atoms with E-state index < -0.39 is 34.5 Å². The Morgan fingerprint density at radius 2 is 2.15 bits per heavy atom. The van der Waals surface area contributed by atoms with Crippen LogP contribution in [0, 0.1) is 5.82 Å². The van der Waals surface area contributed by atoms with Gasteiger partial charge in [-0.05, 0) is 17.7 Å². The second-order valence-corrected chi connectivity index (χ2v) is 6.43. The Bertz CT molecular complexity index is 552. The average Bonchev–Trinajstić information content (AvgIpc) is 2.31. The van der Waals surface area contributed by atoms with E-state index in [1.54, 1.807) is 0 Å². The summed E-state index contributed by atoms with van der Waals surface area (Å²) in [6.45, 7) is 1.19. The third-order valence-corrected chi connectivity index (χ3v) is 4.44. The van der Waals surface area contributed by atoms with Gasteiger partial charge in [0.1, 0.15) is 11.9 Å². The first-order valence-electron chi connectivity index (χ1n) is 5.58. The molecule has 0 spiro atoms. The van der Waals surface area contributed by atoms with Crippen molar-refractivity contribution in [2.45, 2.75) is 18.7 Å². The fourth-order valence-corrected chi connectivity index (χ4v) is 3.47. The van der Waals surface area contributed by atoms with Gasteiger partial charge in [-0.15, -0.1) is 0 Å². The van der Waals surface area contributed by atoms with E-state index in [0.29, 0.717) is 10.0 Å². The van der Waals surface area contributed by atoms with E-state index in [4.69, 9.17) is 5.11 Å². The second-order valence-electron chi connectivity index (χ2n) is 4.08. The molecule has 2 N–H and O–H groups in total. The Morgan fingerprint density at radius 1 is 1.50 bits per heavy atom. The molecule has 0 aliphatic carbocycles. The van der Waals surface area contributed by atoms with Crippen LogP contribution in [0.1, 0.15) is 12.5 Å². The molecule has 2 atom stereocenters. The second kappa shape index (κ2) is 7.49. The summed E-state index contributed by atoms with van der Waals surface area (Å²) in [5.74, 6) is -2.31. The van der Waals surface area contributed by atoms with Gasteiger partial charge >= 0.3 is 5.97 Å². The number of carboxylic acid groups (broad SMARTS) is 1. The summed E-state index contributed by atoms with van der Waals surface area (Å²) in [6, 6.07) is 2.76. The number of carbonyl (C=O) groups is 2. The SMILES string of the molecule is CC(=O)N[C@@H](CS(=O)Cc1ccc(F)cc1Br)C(=O)O. The molecule has 1 aromatic carbocycles. The monoisotopic (exact) mass is 365 g/mol. The van der Waals surface area contributed by atoms with Crippen molar-refractivity contribution < 1.29 is 23.3 Å². The van der Waals surface area contributed by atoms with E-state index in [9.17, 15) is 18.2 Å². The average molecular weight is 366 g/mol. The highest BCUT2D eigenvalue weighted by atomic mass is 79.9. The number of aliphatic carboxylic acids is 1. The number of halogens is 2. The molecule has 0 saturated heterocycles.